The summed E-state index contributed by atoms with van der Waals surface area (Å²) in [4.78, 5) is 44.3. The van der Waals surface area contributed by atoms with Crippen LogP contribution >= 0.6 is 0 Å². The van der Waals surface area contributed by atoms with Gasteiger partial charge in [-0.05, 0) is 36.7 Å². The van der Waals surface area contributed by atoms with E-state index in [0.717, 1.165) is 24.8 Å². The molecule has 1 aromatic rings. The van der Waals surface area contributed by atoms with Gasteiger partial charge < -0.3 is 15.1 Å². The summed E-state index contributed by atoms with van der Waals surface area (Å²) in [6, 6.07) is 9.06. The third-order valence-corrected chi connectivity index (χ3v) is 7.57. The largest absolute Gasteiger partial charge is 0.337 e. The Labute approximate surface area is 209 Å². The molecule has 8 nitrogen and oxygen atoms in total. The van der Waals surface area contributed by atoms with Gasteiger partial charge in [-0.15, -0.1) is 0 Å². The Balaban J connectivity index is 1.60. The Morgan fingerprint density at radius 1 is 1.09 bits per heavy atom. The van der Waals surface area contributed by atoms with Crippen LogP contribution in [0.4, 0.5) is 4.79 Å². The molecule has 0 radical (unpaired) electrons. The van der Waals surface area contributed by atoms with Crippen LogP contribution in [0.15, 0.2) is 30.3 Å². The maximum absolute atomic E-state index is 13.6. The maximum atomic E-state index is 13.6. The molecular formula is C27H41N5O3. The van der Waals surface area contributed by atoms with Gasteiger partial charge in [-0.1, -0.05) is 70.4 Å². The van der Waals surface area contributed by atoms with Crippen molar-refractivity contribution in [2.45, 2.75) is 78.0 Å². The van der Waals surface area contributed by atoms with Gasteiger partial charge in [0, 0.05) is 19.6 Å². The van der Waals surface area contributed by atoms with E-state index in [9.17, 15) is 14.4 Å². The fourth-order valence-corrected chi connectivity index (χ4v) is 5.90. The number of benzene rings is 1. The van der Waals surface area contributed by atoms with Crippen LogP contribution in [-0.4, -0.2) is 76.0 Å². The molecule has 0 aromatic heterocycles. The number of hydrazine groups is 1. The molecule has 4 amide bonds. The fraction of sp³-hybridized carbons (Fsp3) is 0.667. The predicted molar refractivity (Wildman–Crippen MR) is 135 cm³/mol. The highest BCUT2D eigenvalue weighted by molar-refractivity contribution is 5.91. The highest BCUT2D eigenvalue weighted by atomic mass is 16.2. The summed E-state index contributed by atoms with van der Waals surface area (Å²) in [5.41, 5.74) is 1.02. The van der Waals surface area contributed by atoms with E-state index < -0.39 is 12.2 Å². The quantitative estimate of drug-likeness (QED) is 0.645. The van der Waals surface area contributed by atoms with Crippen molar-refractivity contribution in [2.75, 3.05) is 26.2 Å². The molecule has 2 aliphatic heterocycles. The van der Waals surface area contributed by atoms with Gasteiger partial charge in [0.1, 0.15) is 12.2 Å². The molecule has 3 aliphatic rings. The SMILES string of the molecule is CCCN1CC(=O)N2[C@@H](C(C)C)C(=O)N(CC3CCCCC3)C[C@@H]2N1C(=O)NCc1ccccc1. The van der Waals surface area contributed by atoms with E-state index in [2.05, 4.69) is 5.32 Å². The number of nitrogens with zero attached hydrogens (tertiary/aromatic N) is 4. The van der Waals surface area contributed by atoms with E-state index >= 15 is 0 Å². The second kappa shape index (κ2) is 11.4. The number of hydrogen-bond donors (Lipinski definition) is 1. The van der Waals surface area contributed by atoms with Crippen molar-refractivity contribution in [2.24, 2.45) is 11.8 Å². The molecule has 0 spiro atoms. The van der Waals surface area contributed by atoms with Crippen LogP contribution in [0.5, 0.6) is 0 Å². The van der Waals surface area contributed by atoms with Crippen LogP contribution < -0.4 is 5.32 Å². The van der Waals surface area contributed by atoms with Gasteiger partial charge in [0.15, 0.2) is 0 Å². The van der Waals surface area contributed by atoms with Crippen molar-refractivity contribution in [1.29, 1.82) is 0 Å². The Morgan fingerprint density at radius 3 is 2.46 bits per heavy atom. The minimum absolute atomic E-state index is 0.0313. The molecule has 4 rings (SSSR count). The molecular weight excluding hydrogens is 442 g/mol. The molecule has 1 N–H and O–H groups in total. The van der Waals surface area contributed by atoms with Gasteiger partial charge in [-0.25, -0.2) is 14.8 Å². The summed E-state index contributed by atoms with van der Waals surface area (Å²) in [6.07, 6.45) is 6.32. The van der Waals surface area contributed by atoms with E-state index in [1.54, 1.807) is 9.91 Å². The zero-order valence-electron chi connectivity index (χ0n) is 21.5. The molecule has 2 heterocycles. The van der Waals surface area contributed by atoms with E-state index in [-0.39, 0.29) is 30.3 Å². The molecule has 8 heteroatoms. The number of amides is 4. The lowest BCUT2D eigenvalue weighted by atomic mass is 9.88. The first-order valence-corrected chi connectivity index (χ1v) is 13.4. The number of rotatable bonds is 7. The predicted octanol–water partition coefficient (Wildman–Crippen LogP) is 3.44. The number of fused-ring (bicyclic) bond motifs is 1. The van der Waals surface area contributed by atoms with E-state index in [0.29, 0.717) is 32.1 Å². The van der Waals surface area contributed by atoms with Gasteiger partial charge in [-0.3, -0.25) is 9.59 Å². The monoisotopic (exact) mass is 483 g/mol. The Bertz CT molecular complexity index is 886. The number of carbonyl (C=O) groups excluding carboxylic acids is 3. The third-order valence-electron chi connectivity index (χ3n) is 7.57. The Morgan fingerprint density at radius 2 is 1.80 bits per heavy atom. The highest BCUT2D eigenvalue weighted by Crippen LogP contribution is 2.32. The number of carbonyl (C=O) groups is 3. The summed E-state index contributed by atoms with van der Waals surface area (Å²) < 4.78 is 0. The first kappa shape index (κ1) is 25.5. The summed E-state index contributed by atoms with van der Waals surface area (Å²) in [6.45, 7) is 8.25. The van der Waals surface area contributed by atoms with Gasteiger partial charge in [0.05, 0.1) is 13.1 Å². The molecule has 1 saturated carbocycles. The first-order chi connectivity index (χ1) is 16.9. The maximum Gasteiger partial charge on any atom is 0.334 e. The minimum atomic E-state index is -0.543. The van der Waals surface area contributed by atoms with Crippen molar-refractivity contribution in [3.63, 3.8) is 0 Å². The molecule has 1 aliphatic carbocycles. The normalized spacial score (nSPS) is 24.2. The van der Waals surface area contributed by atoms with Crippen LogP contribution in [0.25, 0.3) is 0 Å². The van der Waals surface area contributed by atoms with Crippen molar-refractivity contribution >= 4 is 17.8 Å². The van der Waals surface area contributed by atoms with E-state index in [1.807, 2.05) is 61.0 Å². The second-order valence-corrected chi connectivity index (χ2v) is 10.6. The van der Waals surface area contributed by atoms with Crippen molar-refractivity contribution < 1.29 is 14.4 Å². The number of piperazine rings is 1. The average molecular weight is 484 g/mol. The van der Waals surface area contributed by atoms with E-state index in [1.165, 1.54) is 19.3 Å². The molecule has 0 unspecified atom stereocenters. The zero-order chi connectivity index (χ0) is 24.9. The first-order valence-electron chi connectivity index (χ1n) is 13.4. The smallest absolute Gasteiger partial charge is 0.334 e. The molecule has 3 fully saturated rings. The van der Waals surface area contributed by atoms with Crippen LogP contribution in [0.2, 0.25) is 0 Å². The fourth-order valence-electron chi connectivity index (χ4n) is 5.90. The van der Waals surface area contributed by atoms with Crippen LogP contribution in [0.1, 0.15) is 64.9 Å². The lowest BCUT2D eigenvalue weighted by Gasteiger charge is -2.56. The number of hydrogen-bond acceptors (Lipinski definition) is 4. The highest BCUT2D eigenvalue weighted by Gasteiger charge is 2.52. The molecule has 1 aromatic carbocycles. The molecule has 192 valence electrons. The van der Waals surface area contributed by atoms with Crippen LogP contribution in [-0.2, 0) is 16.1 Å². The van der Waals surface area contributed by atoms with Gasteiger partial charge >= 0.3 is 6.03 Å². The molecule has 0 bridgehead atoms. The van der Waals surface area contributed by atoms with Crippen molar-refractivity contribution in [3.8, 4) is 0 Å². The average Bonchev–Trinajstić information content (AvgIpc) is 2.85. The molecule has 2 saturated heterocycles. The lowest BCUT2D eigenvalue weighted by Crippen LogP contribution is -2.77. The third kappa shape index (κ3) is 5.63. The Hall–Kier alpha value is -2.61. The molecule has 2 atom stereocenters. The Kier molecular flexibility index (Phi) is 8.31. The van der Waals surface area contributed by atoms with Crippen LogP contribution in [0.3, 0.4) is 0 Å². The van der Waals surface area contributed by atoms with Crippen molar-refractivity contribution in [3.05, 3.63) is 35.9 Å². The minimum Gasteiger partial charge on any atom is -0.337 e. The number of nitrogens with one attached hydrogen (secondary N) is 1. The molecule has 35 heavy (non-hydrogen) atoms. The topological polar surface area (TPSA) is 76.2 Å². The van der Waals surface area contributed by atoms with Gasteiger partial charge in [0.2, 0.25) is 11.8 Å². The van der Waals surface area contributed by atoms with Gasteiger partial charge in [-0.2, -0.15) is 0 Å². The lowest BCUT2D eigenvalue weighted by molar-refractivity contribution is -0.193. The standard InChI is InChI=1S/C27H41N5O3/c1-4-15-30-19-24(33)31-23(32(30)27(35)28-16-21-11-7-5-8-12-21)18-29(26(34)25(31)20(2)3)17-22-13-9-6-10-14-22/h5,7-8,11-12,20,22-23,25H,4,6,9-10,13-19H2,1-3H3,(H,28,35)/t23-,25-/m0/s1. The van der Waals surface area contributed by atoms with Crippen LogP contribution in [0, 0.1) is 11.8 Å². The summed E-state index contributed by atoms with van der Waals surface area (Å²) in [5.74, 6) is 0.428. The van der Waals surface area contributed by atoms with Gasteiger partial charge in [0.25, 0.3) is 0 Å². The summed E-state index contributed by atoms with van der Waals surface area (Å²) in [5, 5.41) is 6.66. The second-order valence-electron chi connectivity index (χ2n) is 10.6. The van der Waals surface area contributed by atoms with Crippen molar-refractivity contribution in [1.82, 2.24) is 25.1 Å². The van der Waals surface area contributed by atoms with E-state index in [4.69, 9.17) is 0 Å². The summed E-state index contributed by atoms with van der Waals surface area (Å²) >= 11 is 0. The zero-order valence-corrected chi connectivity index (χ0v) is 21.5. The number of urea groups is 1. The summed E-state index contributed by atoms with van der Waals surface area (Å²) in [7, 11) is 0.